The van der Waals surface area contributed by atoms with E-state index >= 15 is 0 Å². The summed E-state index contributed by atoms with van der Waals surface area (Å²) in [5.74, 6) is -14.6. The van der Waals surface area contributed by atoms with Crippen molar-refractivity contribution < 1.29 is 113 Å². The lowest BCUT2D eigenvalue weighted by Gasteiger charge is -2.34. The molecule has 0 saturated carbocycles. The maximum atomic E-state index is 14.2. The zero-order chi connectivity index (χ0) is 72.8. The van der Waals surface area contributed by atoms with Crippen molar-refractivity contribution in [1.82, 2.24) is 62.5 Å². The number of phenolic OH excluding ortho intramolecular Hbond substituents is 1. The zero-order valence-electron chi connectivity index (χ0n) is 53.2. The summed E-state index contributed by atoms with van der Waals surface area (Å²) in [4.78, 5) is 198. The molecule has 544 valence electrons. The van der Waals surface area contributed by atoms with Gasteiger partial charge < -0.3 is 116 Å². The summed E-state index contributed by atoms with van der Waals surface area (Å²) in [7, 11) is 0. The van der Waals surface area contributed by atoms with Crippen molar-refractivity contribution in [2.75, 3.05) is 76.4 Å². The van der Waals surface area contributed by atoms with Gasteiger partial charge in [-0.15, -0.1) is 0 Å². The number of rotatable bonds is 39. The number of carboxylic acid groups (broad SMARTS) is 1. The van der Waals surface area contributed by atoms with Crippen LogP contribution in [0.1, 0.15) is 89.5 Å². The van der Waals surface area contributed by atoms with Crippen LogP contribution in [0.5, 0.6) is 5.75 Å². The van der Waals surface area contributed by atoms with Crippen molar-refractivity contribution in [3.8, 4) is 17.0 Å². The average molecular weight is 1390 g/mol. The van der Waals surface area contributed by atoms with Crippen LogP contribution < -0.4 is 81.1 Å². The minimum Gasteiger partial charge on any atom is -0.504 e. The van der Waals surface area contributed by atoms with E-state index < -0.39 is 195 Å². The molecule has 0 bridgehead atoms. The van der Waals surface area contributed by atoms with E-state index in [0.717, 1.165) is 12.1 Å². The number of aliphatic carboxylic acids is 1. The number of benzene rings is 1. The van der Waals surface area contributed by atoms with Gasteiger partial charge >= 0.3 is 11.9 Å². The number of pyridine rings is 1. The Morgan fingerprint density at radius 2 is 1.12 bits per heavy atom. The van der Waals surface area contributed by atoms with Crippen LogP contribution in [0, 0.1) is 0 Å². The van der Waals surface area contributed by atoms with Gasteiger partial charge in [0.2, 0.25) is 77.3 Å². The number of amides is 12. The number of aromatic hydroxyl groups is 1. The van der Waals surface area contributed by atoms with Crippen molar-refractivity contribution in [2.45, 2.75) is 150 Å². The van der Waals surface area contributed by atoms with Gasteiger partial charge in [0.1, 0.15) is 78.9 Å². The molecule has 41 nitrogen and oxygen atoms in total. The van der Waals surface area contributed by atoms with Crippen LogP contribution in [0.2, 0.25) is 0 Å². The molecule has 98 heavy (non-hydrogen) atoms. The van der Waals surface area contributed by atoms with Crippen molar-refractivity contribution in [3.05, 3.63) is 28.4 Å². The standard InChI is InChI=1S/C57H87N17O24/c58-14-3-1-7-31-48(85)66-34(8-2-4-15-59)57(95)98-26-40(54(91)65-32(47(84)63-31)9-5-17-72(96)27-79)71-53(90)38(24-77)69-51(88)37(23-76)67-49(86)33(10-6-18-73(97)28-80)64-50(87)36(22-75)68-52(89)39(25-78)70-55(92)41-13-16-61-46-35(62-45(83)12-11-30(60)56(93)94)19-29-20-43(81)44(82)21-42(29)74(41)46/h19-21,27-28,30-34,36-41,61,75-78,81,96-97H,1-18,22-26,58-60H2,(H,62,83)(H,63,84)(H,64,87)(H,65,91)(H,66,85)(H,67,86)(H,68,89)(H,69,88)(H,70,92)(H,71,90)(H,93,94). The molecule has 1 saturated heterocycles. The number of esters is 1. The summed E-state index contributed by atoms with van der Waals surface area (Å²) in [6.45, 7) is -6.32. The van der Waals surface area contributed by atoms with Gasteiger partial charge in [-0.25, -0.2) is 14.9 Å². The number of carbonyl (C=O) groups is 14. The fraction of sp³-hybridized carbons (Fsp3) is 0.596. The van der Waals surface area contributed by atoms with Gasteiger partial charge in [-0.05, 0) is 102 Å². The van der Waals surface area contributed by atoms with Gasteiger partial charge in [0.15, 0.2) is 5.75 Å². The molecule has 0 radical (unpaired) electrons. The predicted molar refractivity (Wildman–Crippen MR) is 335 cm³/mol. The normalized spacial score (nSPS) is 19.0. The molecule has 11 unspecified atom stereocenters. The average Bonchev–Trinajstić information content (AvgIpc) is 0.756. The first-order valence-corrected chi connectivity index (χ1v) is 31.2. The molecule has 3 heterocycles. The van der Waals surface area contributed by atoms with Crippen LogP contribution in [0.15, 0.2) is 23.0 Å². The number of unbranched alkanes of at least 4 members (excludes halogenated alkanes) is 2. The Balaban J connectivity index is 1.54. The zero-order valence-corrected chi connectivity index (χ0v) is 53.2. The summed E-state index contributed by atoms with van der Waals surface area (Å²) in [6.07, 6.45) is -0.493. The molecular weight excluding hydrogens is 1310 g/mol. The number of phenols is 1. The Labute approximate surface area is 558 Å². The minimum atomic E-state index is -2.07. The molecule has 12 amide bonds. The molecule has 0 aromatic rings. The minimum absolute atomic E-state index is 0.000728. The second-order valence-corrected chi connectivity index (χ2v) is 22.7. The summed E-state index contributed by atoms with van der Waals surface area (Å²) >= 11 is 0. The number of aliphatic hydroxyl groups is 4. The SMILES string of the molecule is NCCCCC1NC(=O)C(CCCN(O)C=O)NC(=O)C(NC(=O)C(CO)NC(=O)C(CO)NC(=O)C(CCCN(O)C=O)NC(=O)C(CO)NC(=O)C(CO)NC(=O)C2CCNc3c(NC(=O)CCC(N)C(=O)O)cc4cc(O)c(=O)cc-4n32)COC(=O)C(CCCCN)NC1=O. The summed E-state index contributed by atoms with van der Waals surface area (Å²) in [5.41, 5.74) is 16.1. The number of hydroxylamine groups is 4. The van der Waals surface area contributed by atoms with E-state index in [9.17, 15) is 113 Å². The first kappa shape index (κ1) is 80.7. The molecule has 0 aromatic carbocycles. The number of hydrogen-bond donors (Lipinski definition) is 22. The number of ether oxygens (including phenoxy) is 1. The molecule has 11 atom stereocenters. The van der Waals surface area contributed by atoms with Gasteiger partial charge in [-0.3, -0.25) is 77.5 Å². The van der Waals surface area contributed by atoms with Crippen molar-refractivity contribution in [3.63, 3.8) is 0 Å². The second kappa shape index (κ2) is 40.7. The highest BCUT2D eigenvalue weighted by Crippen LogP contribution is 2.40. The molecule has 0 spiro atoms. The number of nitrogens with zero attached hydrogens (tertiary/aromatic N) is 3. The fourth-order valence-electron chi connectivity index (χ4n) is 10.0. The Bertz CT molecular complexity index is 3160. The van der Waals surface area contributed by atoms with E-state index in [1.54, 1.807) is 0 Å². The molecular formula is C57H87N17O24. The number of cyclic esters (lactones) is 1. The number of hydrogen-bond acceptors (Lipinski definition) is 27. The highest BCUT2D eigenvalue weighted by molar-refractivity contribution is 6.00. The van der Waals surface area contributed by atoms with Crippen molar-refractivity contribution in [2.24, 2.45) is 17.2 Å². The maximum Gasteiger partial charge on any atom is 0.328 e. The highest BCUT2D eigenvalue weighted by atomic mass is 16.5. The summed E-state index contributed by atoms with van der Waals surface area (Å²) in [5, 5.41) is 107. The van der Waals surface area contributed by atoms with Crippen LogP contribution in [0.3, 0.4) is 0 Å². The fourth-order valence-corrected chi connectivity index (χ4v) is 10.0. The Kier molecular flexibility index (Phi) is 33.5. The first-order chi connectivity index (χ1) is 46.7. The third-order valence-corrected chi connectivity index (χ3v) is 15.4. The van der Waals surface area contributed by atoms with Crippen LogP contribution in [0.4, 0.5) is 11.5 Å². The third-order valence-electron chi connectivity index (χ3n) is 15.4. The molecule has 41 heteroatoms. The molecule has 4 aliphatic rings. The van der Waals surface area contributed by atoms with Crippen molar-refractivity contribution >= 4 is 95.3 Å². The molecule has 1 fully saturated rings. The Morgan fingerprint density at radius 3 is 1.66 bits per heavy atom. The number of aliphatic hydroxyl groups excluding tert-OH is 4. The number of carboxylic acids is 1. The lowest BCUT2D eigenvalue weighted by atomic mass is 10.0. The monoisotopic (exact) mass is 1390 g/mol. The predicted octanol–water partition coefficient (Wildman–Crippen LogP) is -9.45. The quantitative estimate of drug-likeness (QED) is 0.00972. The molecule has 4 rings (SSSR count). The maximum absolute atomic E-state index is 14.2. The number of anilines is 2. The van der Waals surface area contributed by atoms with Gasteiger partial charge in [-0.1, -0.05) is 0 Å². The van der Waals surface area contributed by atoms with Crippen LogP contribution in [-0.2, 0) is 71.9 Å². The van der Waals surface area contributed by atoms with Gasteiger partial charge in [0, 0.05) is 37.7 Å². The van der Waals surface area contributed by atoms with E-state index in [1.807, 2.05) is 0 Å². The van der Waals surface area contributed by atoms with E-state index in [1.165, 1.54) is 10.6 Å². The second-order valence-electron chi connectivity index (χ2n) is 22.7. The largest absolute Gasteiger partial charge is 0.504 e. The first-order valence-electron chi connectivity index (χ1n) is 31.2. The van der Waals surface area contributed by atoms with E-state index in [2.05, 4.69) is 58.5 Å². The summed E-state index contributed by atoms with van der Waals surface area (Å²) in [6, 6.07) is -15.4. The number of carbonyl (C=O) groups excluding carboxylic acids is 13. The Morgan fingerprint density at radius 1 is 0.633 bits per heavy atom. The highest BCUT2D eigenvalue weighted by Gasteiger charge is 2.39. The van der Waals surface area contributed by atoms with E-state index in [0.29, 0.717) is 19.3 Å². The van der Waals surface area contributed by atoms with E-state index in [-0.39, 0.29) is 130 Å². The number of aromatic nitrogens is 1. The van der Waals surface area contributed by atoms with Crippen molar-refractivity contribution in [1.29, 1.82) is 0 Å². The summed E-state index contributed by atoms with van der Waals surface area (Å²) < 4.78 is 6.70. The van der Waals surface area contributed by atoms with E-state index in [4.69, 9.17) is 21.9 Å². The third kappa shape index (κ3) is 24.4. The lowest BCUT2D eigenvalue weighted by molar-refractivity contribution is -0.151. The Hall–Kier alpha value is -9.75. The number of fused-ring (bicyclic) bond motifs is 3. The topological polar surface area (TPSA) is 649 Å². The number of nitrogens with one attached hydrogen (secondary N) is 11. The van der Waals surface area contributed by atoms with Crippen LogP contribution >= 0.6 is 0 Å². The van der Waals surface area contributed by atoms with Crippen LogP contribution in [-0.4, -0.2) is 266 Å². The smallest absolute Gasteiger partial charge is 0.328 e. The van der Waals surface area contributed by atoms with Gasteiger partial charge in [-0.2, -0.15) is 0 Å². The van der Waals surface area contributed by atoms with Gasteiger partial charge in [0.05, 0.1) is 37.8 Å². The molecule has 3 aliphatic heterocycles. The van der Waals surface area contributed by atoms with Crippen LogP contribution in [0.25, 0.3) is 11.3 Å². The van der Waals surface area contributed by atoms with Gasteiger partial charge in [0.25, 0.3) is 0 Å². The molecule has 1 aliphatic carbocycles. The molecule has 0 aromatic heterocycles. The lowest BCUT2D eigenvalue weighted by Crippen LogP contribution is -2.62. The molecule has 25 N–H and O–H groups in total. The number of nitrogens with two attached hydrogens (primary N) is 3.